The second kappa shape index (κ2) is 8.64. The van der Waals surface area contributed by atoms with E-state index in [2.05, 4.69) is 28.7 Å². The lowest BCUT2D eigenvalue weighted by Gasteiger charge is -2.26. The van der Waals surface area contributed by atoms with Gasteiger partial charge in [-0.15, -0.1) is 0 Å². The summed E-state index contributed by atoms with van der Waals surface area (Å²) in [5, 5.41) is 1.08. The normalized spacial score (nSPS) is 15.1. The van der Waals surface area contributed by atoms with Crippen LogP contribution in [0.25, 0.3) is 16.6 Å². The van der Waals surface area contributed by atoms with Gasteiger partial charge < -0.3 is 9.30 Å². The predicted molar refractivity (Wildman–Crippen MR) is 119 cm³/mol. The SMILES string of the molecule is CCCn1cc(C2=CCN(S(=O)(=O)c3ccccc3C(=O)OC)CC2)c2cccnc21. The largest absolute Gasteiger partial charge is 0.465 e. The van der Waals surface area contributed by atoms with Gasteiger partial charge in [-0.1, -0.05) is 25.1 Å². The first-order chi connectivity index (χ1) is 15.0. The molecule has 0 bridgehead atoms. The fourth-order valence-electron chi connectivity index (χ4n) is 4.01. The number of fused-ring (bicyclic) bond motifs is 1. The number of rotatable bonds is 6. The van der Waals surface area contributed by atoms with Crippen molar-refractivity contribution in [2.75, 3.05) is 20.2 Å². The van der Waals surface area contributed by atoms with E-state index in [1.807, 2.05) is 12.1 Å². The van der Waals surface area contributed by atoms with Gasteiger partial charge >= 0.3 is 5.97 Å². The number of carbonyl (C=O) groups excluding carboxylic acids is 1. The molecule has 1 aromatic carbocycles. The monoisotopic (exact) mass is 439 g/mol. The van der Waals surface area contributed by atoms with Gasteiger partial charge in [0, 0.05) is 43.0 Å². The van der Waals surface area contributed by atoms with Crippen molar-refractivity contribution in [3.05, 3.63) is 66.0 Å². The Morgan fingerprint density at radius 2 is 2.00 bits per heavy atom. The first-order valence-electron chi connectivity index (χ1n) is 10.3. The molecule has 1 aliphatic rings. The number of sulfonamides is 1. The lowest BCUT2D eigenvalue weighted by atomic mass is 10.0. The quantitative estimate of drug-likeness (QED) is 0.547. The molecule has 0 fully saturated rings. The highest BCUT2D eigenvalue weighted by Gasteiger charge is 2.30. The summed E-state index contributed by atoms with van der Waals surface area (Å²) >= 11 is 0. The molecule has 0 aliphatic carbocycles. The Hall–Kier alpha value is -2.97. The highest BCUT2D eigenvalue weighted by Crippen LogP contribution is 2.32. The highest BCUT2D eigenvalue weighted by atomic mass is 32.2. The predicted octanol–water partition coefficient (Wildman–Crippen LogP) is 3.71. The van der Waals surface area contributed by atoms with Crippen LogP contribution in [-0.4, -0.2) is 48.4 Å². The summed E-state index contributed by atoms with van der Waals surface area (Å²) in [7, 11) is -2.59. The third-order valence-corrected chi connectivity index (χ3v) is 7.45. The van der Waals surface area contributed by atoms with E-state index in [0.29, 0.717) is 13.0 Å². The number of hydrogen-bond donors (Lipinski definition) is 0. The van der Waals surface area contributed by atoms with Crippen molar-refractivity contribution < 1.29 is 17.9 Å². The Balaban J connectivity index is 1.65. The number of pyridine rings is 1. The molecular weight excluding hydrogens is 414 g/mol. The Labute approximate surface area is 182 Å². The van der Waals surface area contributed by atoms with Crippen molar-refractivity contribution in [3.8, 4) is 0 Å². The van der Waals surface area contributed by atoms with Crippen LogP contribution in [0.15, 0.2) is 59.8 Å². The van der Waals surface area contributed by atoms with Crippen LogP contribution in [0.4, 0.5) is 0 Å². The van der Waals surface area contributed by atoms with Gasteiger partial charge in [-0.3, -0.25) is 0 Å². The molecule has 0 amide bonds. The summed E-state index contributed by atoms with van der Waals surface area (Å²) in [5.74, 6) is -0.663. The molecular formula is C23H25N3O4S. The summed E-state index contributed by atoms with van der Waals surface area (Å²) in [6, 6.07) is 10.1. The van der Waals surface area contributed by atoms with Gasteiger partial charge in [0.15, 0.2) is 0 Å². The van der Waals surface area contributed by atoms with Gasteiger partial charge in [0.25, 0.3) is 0 Å². The average Bonchev–Trinajstić information content (AvgIpc) is 3.17. The van der Waals surface area contributed by atoms with Gasteiger partial charge in [0.2, 0.25) is 10.0 Å². The van der Waals surface area contributed by atoms with E-state index in [1.165, 1.54) is 23.5 Å². The summed E-state index contributed by atoms with van der Waals surface area (Å²) in [6.45, 7) is 3.59. The van der Waals surface area contributed by atoms with Gasteiger partial charge in [-0.25, -0.2) is 18.2 Å². The van der Waals surface area contributed by atoms with E-state index in [1.54, 1.807) is 18.3 Å². The highest BCUT2D eigenvalue weighted by molar-refractivity contribution is 7.89. The number of carbonyl (C=O) groups is 1. The first-order valence-corrected chi connectivity index (χ1v) is 11.7. The first kappa shape index (κ1) is 21.3. The molecule has 3 heterocycles. The molecule has 0 radical (unpaired) electrons. The summed E-state index contributed by atoms with van der Waals surface area (Å²) in [5.41, 5.74) is 3.21. The van der Waals surface area contributed by atoms with Crippen LogP contribution in [-0.2, 0) is 21.3 Å². The minimum absolute atomic E-state index is 0.0255. The lowest BCUT2D eigenvalue weighted by Crippen LogP contribution is -2.35. The standard InChI is InChI=1S/C23H25N3O4S/c1-3-13-25-16-20(18-8-6-12-24-22(18)25)17-10-14-26(15-11-17)31(28,29)21-9-5-4-7-19(21)23(27)30-2/h4-10,12,16H,3,11,13-15H2,1-2H3. The zero-order chi connectivity index (χ0) is 22.0. The summed E-state index contributed by atoms with van der Waals surface area (Å²) in [6.07, 6.45) is 7.45. The van der Waals surface area contributed by atoms with Crippen LogP contribution in [0.2, 0.25) is 0 Å². The molecule has 4 rings (SSSR count). The van der Waals surface area contributed by atoms with Crippen LogP contribution < -0.4 is 0 Å². The fourth-order valence-corrected chi connectivity index (χ4v) is 5.57. The van der Waals surface area contributed by atoms with Crippen molar-refractivity contribution >= 4 is 32.6 Å². The number of ether oxygens (including phenoxy) is 1. The van der Waals surface area contributed by atoms with E-state index in [0.717, 1.165) is 35.1 Å². The van der Waals surface area contributed by atoms with Crippen molar-refractivity contribution in [1.29, 1.82) is 0 Å². The van der Waals surface area contributed by atoms with Crippen LogP contribution >= 0.6 is 0 Å². The zero-order valence-corrected chi connectivity index (χ0v) is 18.4. The van der Waals surface area contributed by atoms with Crippen molar-refractivity contribution in [2.24, 2.45) is 0 Å². The average molecular weight is 440 g/mol. The number of aryl methyl sites for hydroxylation is 1. The van der Waals surface area contributed by atoms with Crippen LogP contribution in [0.1, 0.15) is 35.7 Å². The minimum Gasteiger partial charge on any atom is -0.465 e. The van der Waals surface area contributed by atoms with Crippen LogP contribution in [0, 0.1) is 0 Å². The minimum atomic E-state index is -3.83. The molecule has 2 aromatic heterocycles. The number of aromatic nitrogens is 2. The van der Waals surface area contributed by atoms with E-state index in [-0.39, 0.29) is 17.0 Å². The van der Waals surface area contributed by atoms with E-state index in [9.17, 15) is 13.2 Å². The lowest BCUT2D eigenvalue weighted by molar-refractivity contribution is 0.0596. The molecule has 7 nitrogen and oxygen atoms in total. The van der Waals surface area contributed by atoms with E-state index < -0.39 is 16.0 Å². The van der Waals surface area contributed by atoms with E-state index >= 15 is 0 Å². The van der Waals surface area contributed by atoms with Gasteiger partial charge in [0.1, 0.15) is 5.65 Å². The number of esters is 1. The van der Waals surface area contributed by atoms with Crippen LogP contribution in [0.3, 0.4) is 0 Å². The molecule has 0 spiro atoms. The summed E-state index contributed by atoms with van der Waals surface area (Å²) in [4.78, 5) is 16.6. The number of methoxy groups -OCH3 is 1. The number of hydrogen-bond acceptors (Lipinski definition) is 5. The molecule has 0 atom stereocenters. The molecule has 1 aliphatic heterocycles. The van der Waals surface area contributed by atoms with Gasteiger partial charge in [-0.05, 0) is 42.7 Å². The second-order valence-electron chi connectivity index (χ2n) is 7.44. The molecule has 31 heavy (non-hydrogen) atoms. The maximum absolute atomic E-state index is 13.2. The smallest absolute Gasteiger partial charge is 0.339 e. The molecule has 8 heteroatoms. The molecule has 0 saturated carbocycles. The van der Waals surface area contributed by atoms with Gasteiger partial charge in [0.05, 0.1) is 17.6 Å². The Kier molecular flexibility index (Phi) is 5.93. The number of benzene rings is 1. The van der Waals surface area contributed by atoms with Crippen molar-refractivity contribution in [2.45, 2.75) is 31.2 Å². The van der Waals surface area contributed by atoms with Crippen LogP contribution in [0.5, 0.6) is 0 Å². The molecule has 0 N–H and O–H groups in total. The fraction of sp³-hybridized carbons (Fsp3) is 0.304. The van der Waals surface area contributed by atoms with Gasteiger partial charge in [-0.2, -0.15) is 4.31 Å². The maximum atomic E-state index is 13.2. The molecule has 0 saturated heterocycles. The molecule has 0 unspecified atom stereocenters. The third-order valence-electron chi connectivity index (χ3n) is 5.53. The topological polar surface area (TPSA) is 81.5 Å². The van der Waals surface area contributed by atoms with Crippen molar-refractivity contribution in [1.82, 2.24) is 13.9 Å². The maximum Gasteiger partial charge on any atom is 0.339 e. The third kappa shape index (κ3) is 3.88. The Morgan fingerprint density at radius 3 is 2.71 bits per heavy atom. The summed E-state index contributed by atoms with van der Waals surface area (Å²) < 4.78 is 34.8. The number of nitrogens with zero attached hydrogens (tertiary/aromatic N) is 3. The van der Waals surface area contributed by atoms with Crippen molar-refractivity contribution in [3.63, 3.8) is 0 Å². The van der Waals surface area contributed by atoms with E-state index in [4.69, 9.17) is 4.74 Å². The second-order valence-corrected chi connectivity index (χ2v) is 9.35. The molecule has 162 valence electrons. The Morgan fingerprint density at radius 1 is 1.19 bits per heavy atom. The zero-order valence-electron chi connectivity index (χ0n) is 17.6. The Bertz CT molecular complexity index is 1260. The molecule has 3 aromatic rings.